The Balaban J connectivity index is 2.13. The predicted octanol–water partition coefficient (Wildman–Crippen LogP) is 4.00. The lowest BCUT2D eigenvalue weighted by Gasteiger charge is -2.15. The lowest BCUT2D eigenvalue weighted by Crippen LogP contribution is -2.28. The summed E-state index contributed by atoms with van der Waals surface area (Å²) in [4.78, 5) is 26.4. The normalized spacial score (nSPS) is 11.9. The first kappa shape index (κ1) is 18.2. The zero-order chi connectivity index (χ0) is 17.9. The maximum absolute atomic E-state index is 12.4. The molecule has 0 saturated heterocycles. The van der Waals surface area contributed by atoms with Crippen LogP contribution in [0.3, 0.4) is 0 Å². The first-order valence-corrected chi connectivity index (χ1v) is 8.67. The summed E-state index contributed by atoms with van der Waals surface area (Å²) < 4.78 is 5.30. The molecule has 2 rings (SSSR count). The lowest BCUT2D eigenvalue weighted by atomic mass is 10.0. The zero-order valence-corrected chi connectivity index (χ0v) is 15.5. The molecule has 0 spiro atoms. The lowest BCUT2D eigenvalue weighted by molar-refractivity contribution is -0.121. The summed E-state index contributed by atoms with van der Waals surface area (Å²) in [6.07, 6.45) is 0.177. The highest BCUT2D eigenvalue weighted by molar-refractivity contribution is 7.12. The average Bonchev–Trinajstić information content (AvgIpc) is 2.85. The van der Waals surface area contributed by atoms with Crippen LogP contribution in [0.25, 0.3) is 0 Å². The van der Waals surface area contributed by atoms with Crippen LogP contribution < -0.4 is 10.1 Å². The van der Waals surface area contributed by atoms with Gasteiger partial charge in [0, 0.05) is 20.9 Å². The summed E-state index contributed by atoms with van der Waals surface area (Å²) in [5.74, 6) is 0.493. The SMILES string of the molecule is COc1ccc(C(C)=O)cc1CC(=O)NC(C)c1cc(C)sc1C. The second kappa shape index (κ2) is 7.62. The van der Waals surface area contributed by atoms with Crippen molar-refractivity contribution in [1.82, 2.24) is 5.32 Å². The van der Waals surface area contributed by atoms with Gasteiger partial charge in [0.05, 0.1) is 19.6 Å². The van der Waals surface area contributed by atoms with Crippen LogP contribution in [0, 0.1) is 13.8 Å². The van der Waals surface area contributed by atoms with Crippen molar-refractivity contribution in [1.29, 1.82) is 0 Å². The Kier molecular flexibility index (Phi) is 5.78. The highest BCUT2D eigenvalue weighted by Gasteiger charge is 2.16. The topological polar surface area (TPSA) is 55.4 Å². The van der Waals surface area contributed by atoms with Gasteiger partial charge in [0.2, 0.25) is 5.91 Å². The summed E-state index contributed by atoms with van der Waals surface area (Å²) in [6, 6.07) is 7.23. The van der Waals surface area contributed by atoms with E-state index in [1.807, 2.05) is 6.92 Å². The number of thiophene rings is 1. The molecule has 24 heavy (non-hydrogen) atoms. The van der Waals surface area contributed by atoms with Crippen LogP contribution in [0.5, 0.6) is 5.75 Å². The molecule has 128 valence electrons. The van der Waals surface area contributed by atoms with Crippen molar-refractivity contribution in [3.05, 3.63) is 50.7 Å². The molecule has 0 aliphatic carbocycles. The Hall–Kier alpha value is -2.14. The number of Topliss-reactive ketones (excluding diaryl/α,β-unsaturated/α-hetero) is 1. The maximum Gasteiger partial charge on any atom is 0.225 e. The van der Waals surface area contributed by atoms with Crippen LogP contribution in [-0.4, -0.2) is 18.8 Å². The number of ketones is 1. The summed E-state index contributed by atoms with van der Waals surface area (Å²) in [6.45, 7) is 7.62. The van der Waals surface area contributed by atoms with Crippen molar-refractivity contribution in [2.75, 3.05) is 7.11 Å². The molecule has 0 saturated carbocycles. The molecule has 1 heterocycles. The van der Waals surface area contributed by atoms with Crippen molar-refractivity contribution < 1.29 is 14.3 Å². The highest BCUT2D eigenvalue weighted by atomic mass is 32.1. The van der Waals surface area contributed by atoms with Crippen molar-refractivity contribution in [2.24, 2.45) is 0 Å². The third-order valence-corrected chi connectivity index (χ3v) is 4.94. The van der Waals surface area contributed by atoms with E-state index in [2.05, 4.69) is 25.2 Å². The Morgan fingerprint density at radius 2 is 1.96 bits per heavy atom. The number of ether oxygens (including phenoxy) is 1. The van der Waals surface area contributed by atoms with Crippen LogP contribution in [0.15, 0.2) is 24.3 Å². The number of nitrogens with one attached hydrogen (secondary N) is 1. The molecule has 2 aromatic rings. The van der Waals surface area contributed by atoms with Crippen LogP contribution >= 0.6 is 11.3 Å². The Morgan fingerprint density at radius 3 is 2.50 bits per heavy atom. The molecule has 0 fully saturated rings. The standard InChI is InChI=1S/C19H23NO3S/c1-11-8-17(14(4)24-11)12(2)20-19(22)10-16-9-15(13(3)21)6-7-18(16)23-5/h6-9,12H,10H2,1-5H3,(H,20,22). The van der Waals surface area contributed by atoms with E-state index >= 15 is 0 Å². The number of carbonyl (C=O) groups excluding carboxylic acids is 2. The van der Waals surface area contributed by atoms with Crippen LogP contribution in [0.1, 0.15) is 51.1 Å². The van der Waals surface area contributed by atoms with E-state index in [4.69, 9.17) is 4.74 Å². The van der Waals surface area contributed by atoms with E-state index < -0.39 is 0 Å². The van der Waals surface area contributed by atoms with Crippen LogP contribution in [0.4, 0.5) is 0 Å². The van der Waals surface area contributed by atoms with E-state index in [-0.39, 0.29) is 24.2 Å². The quantitative estimate of drug-likeness (QED) is 0.805. The van der Waals surface area contributed by atoms with Crippen molar-refractivity contribution >= 4 is 23.0 Å². The van der Waals surface area contributed by atoms with E-state index in [1.165, 1.54) is 16.7 Å². The van der Waals surface area contributed by atoms with Crippen LogP contribution in [0.2, 0.25) is 0 Å². The summed E-state index contributed by atoms with van der Waals surface area (Å²) in [5, 5.41) is 3.03. The van der Waals surface area contributed by atoms with Crippen molar-refractivity contribution in [3.8, 4) is 5.75 Å². The van der Waals surface area contributed by atoms with Gasteiger partial charge in [0.15, 0.2) is 5.78 Å². The smallest absolute Gasteiger partial charge is 0.225 e. The molecule has 1 N–H and O–H groups in total. The van der Waals surface area contributed by atoms with Crippen molar-refractivity contribution in [2.45, 2.75) is 40.2 Å². The first-order valence-electron chi connectivity index (χ1n) is 7.86. The van der Waals surface area contributed by atoms with E-state index in [1.54, 1.807) is 36.6 Å². The molecular formula is C19H23NO3S. The summed E-state index contributed by atoms with van der Waals surface area (Å²) >= 11 is 1.73. The van der Waals surface area contributed by atoms with Gasteiger partial charge >= 0.3 is 0 Å². The molecule has 0 radical (unpaired) electrons. The maximum atomic E-state index is 12.4. The molecule has 1 unspecified atom stereocenters. The minimum absolute atomic E-state index is 0.0305. The fourth-order valence-corrected chi connectivity index (χ4v) is 3.78. The third-order valence-electron chi connectivity index (χ3n) is 3.96. The van der Waals surface area contributed by atoms with E-state index in [0.29, 0.717) is 16.9 Å². The van der Waals surface area contributed by atoms with Gasteiger partial charge in [0.25, 0.3) is 0 Å². The highest BCUT2D eigenvalue weighted by Crippen LogP contribution is 2.26. The van der Waals surface area contributed by atoms with Gasteiger partial charge in [0.1, 0.15) is 5.75 Å². The molecule has 5 heteroatoms. The number of hydrogen-bond donors (Lipinski definition) is 1. The Bertz CT molecular complexity index is 764. The largest absolute Gasteiger partial charge is 0.496 e. The minimum Gasteiger partial charge on any atom is -0.496 e. The fraction of sp³-hybridized carbons (Fsp3) is 0.368. The second-order valence-corrected chi connectivity index (χ2v) is 7.38. The average molecular weight is 345 g/mol. The van der Waals surface area contributed by atoms with E-state index in [9.17, 15) is 9.59 Å². The Morgan fingerprint density at radius 1 is 1.25 bits per heavy atom. The number of rotatable bonds is 6. The molecule has 0 aliphatic rings. The molecule has 1 atom stereocenters. The van der Waals surface area contributed by atoms with Gasteiger partial charge in [-0.25, -0.2) is 0 Å². The molecule has 0 bridgehead atoms. The third kappa shape index (κ3) is 4.23. The molecule has 4 nitrogen and oxygen atoms in total. The monoisotopic (exact) mass is 345 g/mol. The number of amides is 1. The predicted molar refractivity (Wildman–Crippen MR) is 97.1 cm³/mol. The van der Waals surface area contributed by atoms with Gasteiger partial charge in [-0.15, -0.1) is 11.3 Å². The number of aryl methyl sites for hydroxylation is 2. The molecule has 1 amide bonds. The first-order chi connectivity index (χ1) is 11.3. The second-order valence-electron chi connectivity index (χ2n) is 5.92. The molecular weight excluding hydrogens is 322 g/mol. The minimum atomic E-state index is -0.0928. The van der Waals surface area contributed by atoms with Gasteiger partial charge in [-0.2, -0.15) is 0 Å². The zero-order valence-electron chi connectivity index (χ0n) is 14.7. The van der Waals surface area contributed by atoms with E-state index in [0.717, 1.165) is 5.56 Å². The number of benzene rings is 1. The van der Waals surface area contributed by atoms with Gasteiger partial charge in [-0.05, 0) is 57.5 Å². The molecule has 1 aromatic carbocycles. The Labute approximate surface area is 146 Å². The summed E-state index contributed by atoms with van der Waals surface area (Å²) in [5.41, 5.74) is 2.44. The number of carbonyl (C=O) groups is 2. The number of hydrogen-bond acceptors (Lipinski definition) is 4. The fourth-order valence-electron chi connectivity index (χ4n) is 2.76. The molecule has 1 aromatic heterocycles. The van der Waals surface area contributed by atoms with Crippen LogP contribution in [-0.2, 0) is 11.2 Å². The number of methoxy groups -OCH3 is 1. The summed E-state index contributed by atoms with van der Waals surface area (Å²) in [7, 11) is 1.56. The van der Waals surface area contributed by atoms with Crippen molar-refractivity contribution in [3.63, 3.8) is 0 Å². The van der Waals surface area contributed by atoms with Gasteiger partial charge < -0.3 is 10.1 Å². The van der Waals surface area contributed by atoms with Gasteiger partial charge in [-0.3, -0.25) is 9.59 Å². The van der Waals surface area contributed by atoms with Gasteiger partial charge in [-0.1, -0.05) is 0 Å². The molecule has 0 aliphatic heterocycles.